The van der Waals surface area contributed by atoms with Crippen LogP contribution in [0.15, 0.2) is 22.7 Å². The molecule has 1 aliphatic rings. The van der Waals surface area contributed by atoms with Crippen LogP contribution in [-0.2, 0) is 6.54 Å². The van der Waals surface area contributed by atoms with Crippen molar-refractivity contribution < 1.29 is 14.4 Å². The maximum Gasteiger partial charge on any atom is 0.276 e. The molecule has 21 heavy (non-hydrogen) atoms. The standard InChI is InChI=1S/C15H23N3O3/c1-11(2)9-17(3)15(20)14-8-13(21-16-14)10-18-6-4-12(19)5-7-18/h8,12,19H,1,4-7,9-10H2,2-3H3. The van der Waals surface area contributed by atoms with Crippen molar-refractivity contribution in [1.29, 1.82) is 0 Å². The second-order valence-electron chi connectivity index (χ2n) is 5.80. The number of aromatic nitrogens is 1. The van der Waals surface area contributed by atoms with Crippen molar-refractivity contribution >= 4 is 5.91 Å². The molecule has 0 radical (unpaired) electrons. The molecule has 0 unspecified atom stereocenters. The Bertz CT molecular complexity index is 504. The maximum absolute atomic E-state index is 12.1. The van der Waals surface area contributed by atoms with Crippen molar-refractivity contribution in [3.8, 4) is 0 Å². The lowest BCUT2D eigenvalue weighted by Crippen LogP contribution is -2.35. The number of aliphatic hydroxyl groups excluding tert-OH is 1. The van der Waals surface area contributed by atoms with E-state index in [2.05, 4.69) is 16.6 Å². The van der Waals surface area contributed by atoms with Crippen LogP contribution in [0.3, 0.4) is 0 Å². The average molecular weight is 293 g/mol. The maximum atomic E-state index is 12.1. The summed E-state index contributed by atoms with van der Waals surface area (Å²) in [6.45, 7) is 8.47. The van der Waals surface area contributed by atoms with Gasteiger partial charge in [-0.3, -0.25) is 9.69 Å². The number of carbonyl (C=O) groups excluding carboxylic acids is 1. The molecule has 2 heterocycles. The van der Waals surface area contributed by atoms with Crippen LogP contribution in [0, 0.1) is 0 Å². The molecule has 116 valence electrons. The zero-order chi connectivity index (χ0) is 15.4. The minimum atomic E-state index is -0.191. The van der Waals surface area contributed by atoms with Gasteiger partial charge in [-0.2, -0.15) is 0 Å². The van der Waals surface area contributed by atoms with E-state index in [9.17, 15) is 9.90 Å². The fourth-order valence-electron chi connectivity index (χ4n) is 2.46. The number of hydrogen-bond acceptors (Lipinski definition) is 5. The van der Waals surface area contributed by atoms with Crippen molar-refractivity contribution in [3.63, 3.8) is 0 Å². The number of amides is 1. The molecular weight excluding hydrogens is 270 g/mol. The number of rotatable bonds is 5. The van der Waals surface area contributed by atoms with Crippen LogP contribution in [0.5, 0.6) is 0 Å². The Morgan fingerprint density at radius 3 is 2.86 bits per heavy atom. The number of carbonyl (C=O) groups is 1. The van der Waals surface area contributed by atoms with Gasteiger partial charge in [0.2, 0.25) is 0 Å². The third kappa shape index (κ3) is 4.41. The third-order valence-corrected chi connectivity index (χ3v) is 3.57. The molecule has 0 aromatic carbocycles. The molecule has 1 saturated heterocycles. The Morgan fingerprint density at radius 2 is 2.24 bits per heavy atom. The van der Waals surface area contributed by atoms with E-state index in [4.69, 9.17) is 4.52 Å². The van der Waals surface area contributed by atoms with Gasteiger partial charge in [0.15, 0.2) is 11.5 Å². The number of likely N-dealkylation sites (tertiary alicyclic amines) is 1. The lowest BCUT2D eigenvalue weighted by molar-refractivity contribution is 0.0745. The highest BCUT2D eigenvalue weighted by Gasteiger charge is 2.21. The molecule has 1 aliphatic heterocycles. The molecule has 6 heteroatoms. The quantitative estimate of drug-likeness (QED) is 0.828. The molecule has 1 N–H and O–H groups in total. The Hall–Kier alpha value is -1.66. The van der Waals surface area contributed by atoms with Crippen LogP contribution in [0.25, 0.3) is 0 Å². The first-order valence-corrected chi connectivity index (χ1v) is 7.21. The van der Waals surface area contributed by atoms with E-state index in [1.807, 2.05) is 6.92 Å². The molecule has 0 saturated carbocycles. The molecule has 0 aliphatic carbocycles. The summed E-state index contributed by atoms with van der Waals surface area (Å²) < 4.78 is 5.25. The van der Waals surface area contributed by atoms with E-state index in [1.54, 1.807) is 18.0 Å². The van der Waals surface area contributed by atoms with Gasteiger partial charge in [0.1, 0.15) is 0 Å². The van der Waals surface area contributed by atoms with Gasteiger partial charge in [-0.05, 0) is 19.8 Å². The molecule has 1 aromatic rings. The van der Waals surface area contributed by atoms with Gasteiger partial charge in [-0.1, -0.05) is 17.3 Å². The van der Waals surface area contributed by atoms with Crippen LogP contribution >= 0.6 is 0 Å². The topological polar surface area (TPSA) is 69.8 Å². The smallest absolute Gasteiger partial charge is 0.276 e. The highest BCUT2D eigenvalue weighted by atomic mass is 16.5. The van der Waals surface area contributed by atoms with Crippen LogP contribution in [-0.4, -0.2) is 58.8 Å². The van der Waals surface area contributed by atoms with E-state index in [-0.39, 0.29) is 12.0 Å². The number of hydrogen-bond donors (Lipinski definition) is 1. The number of likely N-dealkylation sites (N-methyl/N-ethyl adjacent to an activating group) is 1. The SMILES string of the molecule is C=C(C)CN(C)C(=O)c1cc(CN2CCC(O)CC2)on1. The van der Waals surface area contributed by atoms with Crippen LogP contribution in [0.1, 0.15) is 36.0 Å². The highest BCUT2D eigenvalue weighted by molar-refractivity contribution is 5.92. The fourth-order valence-corrected chi connectivity index (χ4v) is 2.46. The normalized spacial score (nSPS) is 16.9. The summed E-state index contributed by atoms with van der Waals surface area (Å²) in [4.78, 5) is 15.9. The molecule has 0 atom stereocenters. The van der Waals surface area contributed by atoms with Crippen molar-refractivity contribution in [1.82, 2.24) is 15.0 Å². The van der Waals surface area contributed by atoms with E-state index < -0.39 is 0 Å². The van der Waals surface area contributed by atoms with Crippen LogP contribution < -0.4 is 0 Å². The van der Waals surface area contributed by atoms with Crippen molar-refractivity contribution in [2.45, 2.75) is 32.4 Å². The fraction of sp³-hybridized carbons (Fsp3) is 0.600. The Kier molecular flexibility index (Phi) is 5.14. The van der Waals surface area contributed by atoms with Crippen LogP contribution in [0.2, 0.25) is 0 Å². The zero-order valence-corrected chi connectivity index (χ0v) is 12.7. The van der Waals surface area contributed by atoms with Gasteiger partial charge >= 0.3 is 0 Å². The minimum Gasteiger partial charge on any atom is -0.393 e. The third-order valence-electron chi connectivity index (χ3n) is 3.57. The predicted molar refractivity (Wildman–Crippen MR) is 78.8 cm³/mol. The molecule has 6 nitrogen and oxygen atoms in total. The first-order chi connectivity index (χ1) is 9.95. The average Bonchev–Trinajstić information content (AvgIpc) is 2.88. The number of aliphatic hydroxyl groups is 1. The minimum absolute atomic E-state index is 0.165. The number of piperidine rings is 1. The summed E-state index contributed by atoms with van der Waals surface area (Å²) in [5.41, 5.74) is 1.24. The molecule has 0 bridgehead atoms. The van der Waals surface area contributed by atoms with Gasteiger partial charge in [0.25, 0.3) is 5.91 Å². The summed E-state index contributed by atoms with van der Waals surface area (Å²) in [5.74, 6) is 0.514. The van der Waals surface area contributed by atoms with Crippen molar-refractivity contribution in [2.24, 2.45) is 0 Å². The van der Waals surface area contributed by atoms with E-state index in [1.165, 1.54) is 0 Å². The van der Waals surface area contributed by atoms with Gasteiger partial charge in [-0.15, -0.1) is 0 Å². The van der Waals surface area contributed by atoms with Crippen molar-refractivity contribution in [2.75, 3.05) is 26.7 Å². The van der Waals surface area contributed by atoms with E-state index in [0.29, 0.717) is 24.5 Å². The second kappa shape index (κ2) is 6.87. The molecule has 1 fully saturated rings. The Labute approximate surface area is 125 Å². The van der Waals surface area contributed by atoms with Crippen molar-refractivity contribution in [3.05, 3.63) is 29.7 Å². The van der Waals surface area contributed by atoms with E-state index in [0.717, 1.165) is 31.5 Å². The second-order valence-corrected chi connectivity index (χ2v) is 5.80. The van der Waals surface area contributed by atoms with E-state index >= 15 is 0 Å². The largest absolute Gasteiger partial charge is 0.393 e. The zero-order valence-electron chi connectivity index (χ0n) is 12.7. The monoisotopic (exact) mass is 293 g/mol. The van der Waals surface area contributed by atoms with Gasteiger partial charge in [0.05, 0.1) is 12.6 Å². The van der Waals surface area contributed by atoms with Gasteiger partial charge in [0, 0.05) is 32.7 Å². The molecule has 1 aromatic heterocycles. The lowest BCUT2D eigenvalue weighted by atomic mass is 10.1. The molecule has 0 spiro atoms. The van der Waals surface area contributed by atoms with Gasteiger partial charge in [-0.25, -0.2) is 0 Å². The summed E-state index contributed by atoms with van der Waals surface area (Å²) >= 11 is 0. The summed E-state index contributed by atoms with van der Waals surface area (Å²) in [6, 6.07) is 1.70. The highest BCUT2D eigenvalue weighted by Crippen LogP contribution is 2.15. The molecular formula is C15H23N3O3. The Morgan fingerprint density at radius 1 is 1.57 bits per heavy atom. The first kappa shape index (κ1) is 15.7. The van der Waals surface area contributed by atoms with Gasteiger partial charge < -0.3 is 14.5 Å². The summed E-state index contributed by atoms with van der Waals surface area (Å²) in [5, 5.41) is 13.3. The molecule has 2 rings (SSSR count). The Balaban J connectivity index is 1.91. The summed E-state index contributed by atoms with van der Waals surface area (Å²) in [7, 11) is 1.72. The summed E-state index contributed by atoms with van der Waals surface area (Å²) in [6.07, 6.45) is 1.37. The van der Waals surface area contributed by atoms with Crippen LogP contribution in [0.4, 0.5) is 0 Å². The number of nitrogens with zero attached hydrogens (tertiary/aromatic N) is 3. The lowest BCUT2D eigenvalue weighted by Gasteiger charge is -2.28. The first-order valence-electron chi connectivity index (χ1n) is 7.21. The molecule has 1 amide bonds. The predicted octanol–water partition coefficient (Wildman–Crippen LogP) is 1.28.